The number of nitrogens with two attached hydrogens (primary N) is 1. The van der Waals surface area contributed by atoms with Crippen molar-refractivity contribution in [3.8, 4) is 0 Å². The number of nitrogens with one attached hydrogen (secondary N) is 1. The number of para-hydroxylation sites is 1. The maximum Gasteiger partial charge on any atom is 0.238 e. The molecule has 3 N–H and O–H groups in total. The Kier molecular flexibility index (Phi) is 4.96. The van der Waals surface area contributed by atoms with Gasteiger partial charge in [-0.05, 0) is 40.4 Å². The molecular formula is C14H20BrN3O. The second-order valence-corrected chi connectivity index (χ2v) is 6.05. The van der Waals surface area contributed by atoms with Gasteiger partial charge in [0.05, 0.1) is 12.2 Å². The van der Waals surface area contributed by atoms with Crippen LogP contribution in [-0.2, 0) is 4.79 Å². The number of anilines is 1. The summed E-state index contributed by atoms with van der Waals surface area (Å²) in [4.78, 5) is 14.2. The normalized spacial score (nSPS) is 24.2. The fourth-order valence-corrected chi connectivity index (χ4v) is 2.73. The zero-order valence-electron chi connectivity index (χ0n) is 11.1. The molecule has 1 heterocycles. The highest BCUT2D eigenvalue weighted by Gasteiger charge is 2.24. The Hall–Kier alpha value is -0.910. The summed E-state index contributed by atoms with van der Waals surface area (Å²) in [5, 5.41) is 2.92. The fourth-order valence-electron chi connectivity index (χ4n) is 2.35. The van der Waals surface area contributed by atoms with Crippen LogP contribution in [0.1, 0.15) is 13.3 Å². The highest BCUT2D eigenvalue weighted by molar-refractivity contribution is 9.10. The summed E-state index contributed by atoms with van der Waals surface area (Å²) in [7, 11) is 0. The zero-order chi connectivity index (χ0) is 13.8. The van der Waals surface area contributed by atoms with E-state index in [1.165, 1.54) is 0 Å². The van der Waals surface area contributed by atoms with Crippen LogP contribution in [-0.4, -0.2) is 36.5 Å². The lowest BCUT2D eigenvalue weighted by Crippen LogP contribution is -2.48. The number of piperidine rings is 1. The van der Waals surface area contributed by atoms with Crippen LogP contribution in [0.2, 0.25) is 0 Å². The summed E-state index contributed by atoms with van der Waals surface area (Å²) in [6.07, 6.45) is 0.962. The average Bonchev–Trinajstić information content (AvgIpc) is 2.37. The summed E-state index contributed by atoms with van der Waals surface area (Å²) in [6.45, 7) is 4.36. The molecule has 4 nitrogen and oxygen atoms in total. The molecule has 1 saturated heterocycles. The third-order valence-corrected chi connectivity index (χ3v) is 4.26. The van der Waals surface area contributed by atoms with Gasteiger partial charge in [0.25, 0.3) is 0 Å². The molecule has 0 radical (unpaired) electrons. The van der Waals surface area contributed by atoms with Crippen molar-refractivity contribution in [1.82, 2.24) is 4.90 Å². The van der Waals surface area contributed by atoms with Gasteiger partial charge in [0.15, 0.2) is 0 Å². The van der Waals surface area contributed by atoms with Gasteiger partial charge in [-0.25, -0.2) is 0 Å². The quantitative estimate of drug-likeness (QED) is 0.894. The van der Waals surface area contributed by atoms with Gasteiger partial charge in [-0.3, -0.25) is 9.69 Å². The van der Waals surface area contributed by atoms with Crippen molar-refractivity contribution in [3.05, 3.63) is 28.7 Å². The lowest BCUT2D eigenvalue weighted by Gasteiger charge is -2.34. The molecule has 2 unspecified atom stereocenters. The van der Waals surface area contributed by atoms with E-state index in [1.807, 2.05) is 24.3 Å². The van der Waals surface area contributed by atoms with Gasteiger partial charge in [0.1, 0.15) is 0 Å². The summed E-state index contributed by atoms with van der Waals surface area (Å²) in [5.41, 5.74) is 6.80. The second kappa shape index (κ2) is 6.50. The van der Waals surface area contributed by atoms with Crippen molar-refractivity contribution in [1.29, 1.82) is 0 Å². The third-order valence-electron chi connectivity index (χ3n) is 3.57. The fraction of sp³-hybridized carbons (Fsp3) is 0.500. The minimum atomic E-state index is 0.0228. The average molecular weight is 326 g/mol. The minimum Gasteiger partial charge on any atom is -0.327 e. The maximum absolute atomic E-state index is 12.0. The minimum absolute atomic E-state index is 0.0228. The van der Waals surface area contributed by atoms with Crippen LogP contribution in [0.4, 0.5) is 5.69 Å². The molecule has 104 valence electrons. The van der Waals surface area contributed by atoms with Crippen molar-refractivity contribution in [2.45, 2.75) is 19.4 Å². The Morgan fingerprint density at radius 2 is 2.26 bits per heavy atom. The molecule has 1 aromatic carbocycles. The van der Waals surface area contributed by atoms with Gasteiger partial charge < -0.3 is 11.1 Å². The number of carbonyl (C=O) groups is 1. The van der Waals surface area contributed by atoms with Crippen LogP contribution in [0.15, 0.2) is 28.7 Å². The molecule has 19 heavy (non-hydrogen) atoms. The molecule has 0 aromatic heterocycles. The number of nitrogens with zero attached hydrogens (tertiary/aromatic N) is 1. The number of carbonyl (C=O) groups excluding carboxylic acids is 1. The Balaban J connectivity index is 1.87. The van der Waals surface area contributed by atoms with Crippen LogP contribution < -0.4 is 11.1 Å². The number of hydrogen-bond acceptors (Lipinski definition) is 3. The summed E-state index contributed by atoms with van der Waals surface area (Å²) >= 11 is 3.42. The molecule has 1 fully saturated rings. The van der Waals surface area contributed by atoms with E-state index in [9.17, 15) is 4.79 Å². The molecule has 2 rings (SSSR count). The first-order chi connectivity index (χ1) is 9.06. The van der Waals surface area contributed by atoms with Crippen LogP contribution in [0.5, 0.6) is 0 Å². The van der Waals surface area contributed by atoms with E-state index in [4.69, 9.17) is 5.73 Å². The van der Waals surface area contributed by atoms with Crippen molar-refractivity contribution < 1.29 is 4.79 Å². The van der Waals surface area contributed by atoms with Gasteiger partial charge in [-0.1, -0.05) is 19.1 Å². The molecule has 0 aliphatic carbocycles. The van der Waals surface area contributed by atoms with E-state index < -0.39 is 0 Å². The molecule has 0 saturated carbocycles. The van der Waals surface area contributed by atoms with Crippen LogP contribution >= 0.6 is 15.9 Å². The van der Waals surface area contributed by atoms with E-state index in [0.29, 0.717) is 12.5 Å². The van der Waals surface area contributed by atoms with Crippen LogP contribution in [0.3, 0.4) is 0 Å². The molecule has 1 aliphatic heterocycles. The summed E-state index contributed by atoms with van der Waals surface area (Å²) in [6, 6.07) is 7.90. The highest BCUT2D eigenvalue weighted by Crippen LogP contribution is 2.21. The molecule has 1 aliphatic rings. The van der Waals surface area contributed by atoms with Gasteiger partial charge in [0, 0.05) is 23.6 Å². The predicted octanol–water partition coefficient (Wildman–Crippen LogP) is 2.06. The van der Waals surface area contributed by atoms with Crippen LogP contribution in [0.25, 0.3) is 0 Å². The third kappa shape index (κ3) is 4.03. The Morgan fingerprint density at radius 3 is 2.95 bits per heavy atom. The summed E-state index contributed by atoms with van der Waals surface area (Å²) < 4.78 is 0.900. The SMILES string of the molecule is CC1CN(CC(=O)Nc2ccccc2Br)CCC1N. The van der Waals surface area contributed by atoms with Gasteiger partial charge in [-0.15, -0.1) is 0 Å². The standard InChI is InChI=1S/C14H20BrN3O/c1-10-8-18(7-6-12(10)16)9-14(19)17-13-5-3-2-4-11(13)15/h2-5,10,12H,6-9,16H2,1H3,(H,17,19). The van der Waals surface area contributed by atoms with Crippen molar-refractivity contribution in [2.75, 3.05) is 25.0 Å². The van der Waals surface area contributed by atoms with E-state index in [1.54, 1.807) is 0 Å². The van der Waals surface area contributed by atoms with E-state index in [2.05, 4.69) is 33.1 Å². The largest absolute Gasteiger partial charge is 0.327 e. The molecule has 1 aromatic rings. The highest BCUT2D eigenvalue weighted by atomic mass is 79.9. The first-order valence-electron chi connectivity index (χ1n) is 6.58. The zero-order valence-corrected chi connectivity index (χ0v) is 12.7. The molecule has 2 atom stereocenters. The molecule has 0 bridgehead atoms. The van der Waals surface area contributed by atoms with E-state index in [0.717, 1.165) is 29.7 Å². The lowest BCUT2D eigenvalue weighted by atomic mass is 9.95. The maximum atomic E-state index is 12.0. The number of amides is 1. The monoisotopic (exact) mass is 325 g/mol. The van der Waals surface area contributed by atoms with Crippen molar-refractivity contribution in [3.63, 3.8) is 0 Å². The Bertz CT molecular complexity index is 452. The molecular weight excluding hydrogens is 306 g/mol. The number of benzene rings is 1. The summed E-state index contributed by atoms with van der Waals surface area (Å²) in [5.74, 6) is 0.472. The first-order valence-corrected chi connectivity index (χ1v) is 7.38. The molecule has 1 amide bonds. The topological polar surface area (TPSA) is 58.4 Å². The van der Waals surface area contributed by atoms with E-state index in [-0.39, 0.29) is 11.9 Å². The van der Waals surface area contributed by atoms with Gasteiger partial charge in [-0.2, -0.15) is 0 Å². The number of likely N-dealkylation sites (tertiary alicyclic amines) is 1. The number of halogens is 1. The number of rotatable bonds is 3. The second-order valence-electron chi connectivity index (χ2n) is 5.19. The smallest absolute Gasteiger partial charge is 0.238 e. The van der Waals surface area contributed by atoms with Gasteiger partial charge in [0.2, 0.25) is 5.91 Å². The van der Waals surface area contributed by atoms with Crippen molar-refractivity contribution in [2.24, 2.45) is 11.7 Å². The van der Waals surface area contributed by atoms with E-state index >= 15 is 0 Å². The van der Waals surface area contributed by atoms with Gasteiger partial charge >= 0.3 is 0 Å². The van der Waals surface area contributed by atoms with Crippen molar-refractivity contribution >= 4 is 27.5 Å². The first kappa shape index (κ1) is 14.5. The Labute approximate surface area is 122 Å². The number of hydrogen-bond donors (Lipinski definition) is 2. The van der Waals surface area contributed by atoms with Crippen LogP contribution in [0, 0.1) is 5.92 Å². The molecule has 5 heteroatoms. The predicted molar refractivity (Wildman–Crippen MR) is 81.0 cm³/mol. The molecule has 0 spiro atoms. The lowest BCUT2D eigenvalue weighted by molar-refractivity contribution is -0.117. The Morgan fingerprint density at radius 1 is 1.53 bits per heavy atom.